The Morgan fingerprint density at radius 1 is 1.11 bits per heavy atom. The van der Waals surface area contributed by atoms with Gasteiger partial charge in [0.25, 0.3) is 0 Å². The smallest absolute Gasteiger partial charge is 0.184 e. The van der Waals surface area contributed by atoms with Crippen LogP contribution in [0.4, 0.5) is 5.13 Å². The van der Waals surface area contributed by atoms with Gasteiger partial charge in [-0.05, 0) is 32.3 Å². The van der Waals surface area contributed by atoms with E-state index in [1.165, 1.54) is 16.3 Å². The van der Waals surface area contributed by atoms with Gasteiger partial charge in [0, 0.05) is 11.9 Å². The molecule has 0 atom stereocenters. The first-order valence-electron chi connectivity index (χ1n) is 5.64. The summed E-state index contributed by atoms with van der Waals surface area (Å²) in [6.45, 7) is 0.793. The molecule has 1 N–H and O–H groups in total. The fraction of sp³-hybridized carbons (Fsp3) is 0.0714. The number of rotatable bonds is 3. The highest BCUT2D eigenvalue weighted by atomic mass is 79.9. The van der Waals surface area contributed by atoms with Crippen LogP contribution in [0.25, 0.3) is 10.8 Å². The summed E-state index contributed by atoms with van der Waals surface area (Å²) >= 11 is 4.96. The summed E-state index contributed by atoms with van der Waals surface area (Å²) in [6, 6.07) is 14.8. The molecule has 3 aromatic rings. The van der Waals surface area contributed by atoms with E-state index in [2.05, 4.69) is 68.7 Å². The highest BCUT2D eigenvalue weighted by Gasteiger charge is 2.02. The van der Waals surface area contributed by atoms with Gasteiger partial charge in [-0.15, -0.1) is 11.3 Å². The van der Waals surface area contributed by atoms with E-state index in [1.54, 1.807) is 11.3 Å². The third-order valence-electron chi connectivity index (χ3n) is 2.79. The minimum Gasteiger partial charge on any atom is -0.357 e. The van der Waals surface area contributed by atoms with Crippen LogP contribution < -0.4 is 5.32 Å². The SMILES string of the molecule is Brc1csc(NCc2cccc3ccccc23)n1. The molecule has 0 aliphatic carbocycles. The average Bonchev–Trinajstić information content (AvgIpc) is 2.82. The Labute approximate surface area is 118 Å². The van der Waals surface area contributed by atoms with Crippen LogP contribution in [-0.2, 0) is 6.54 Å². The number of fused-ring (bicyclic) bond motifs is 1. The van der Waals surface area contributed by atoms with Crippen LogP contribution in [-0.4, -0.2) is 4.98 Å². The second-order valence-corrected chi connectivity index (χ2v) is 5.64. The average molecular weight is 319 g/mol. The molecule has 3 rings (SSSR count). The first-order chi connectivity index (χ1) is 8.83. The highest BCUT2D eigenvalue weighted by molar-refractivity contribution is 9.10. The van der Waals surface area contributed by atoms with Crippen LogP contribution in [0.15, 0.2) is 52.4 Å². The van der Waals surface area contributed by atoms with E-state index in [1.807, 2.05) is 5.38 Å². The topological polar surface area (TPSA) is 24.9 Å². The molecule has 0 saturated heterocycles. The molecular weight excluding hydrogens is 308 g/mol. The van der Waals surface area contributed by atoms with Gasteiger partial charge in [0.15, 0.2) is 5.13 Å². The first kappa shape index (κ1) is 11.7. The molecule has 2 aromatic carbocycles. The number of aromatic nitrogens is 1. The fourth-order valence-electron chi connectivity index (χ4n) is 1.95. The Kier molecular flexibility index (Phi) is 3.30. The van der Waals surface area contributed by atoms with Crippen molar-refractivity contribution in [2.45, 2.75) is 6.54 Å². The molecule has 2 nitrogen and oxygen atoms in total. The maximum atomic E-state index is 4.33. The van der Waals surface area contributed by atoms with Crippen LogP contribution in [0.1, 0.15) is 5.56 Å². The van der Waals surface area contributed by atoms with Crippen molar-refractivity contribution < 1.29 is 0 Å². The second kappa shape index (κ2) is 5.08. The molecule has 0 spiro atoms. The van der Waals surface area contributed by atoms with E-state index in [0.29, 0.717) is 0 Å². The quantitative estimate of drug-likeness (QED) is 0.759. The van der Waals surface area contributed by atoms with Crippen LogP contribution in [0.3, 0.4) is 0 Å². The van der Waals surface area contributed by atoms with Gasteiger partial charge < -0.3 is 5.32 Å². The zero-order valence-corrected chi connectivity index (χ0v) is 12.0. The highest BCUT2D eigenvalue weighted by Crippen LogP contribution is 2.22. The Morgan fingerprint density at radius 2 is 1.94 bits per heavy atom. The largest absolute Gasteiger partial charge is 0.357 e. The molecule has 18 heavy (non-hydrogen) atoms. The lowest BCUT2D eigenvalue weighted by Gasteiger charge is -2.07. The van der Waals surface area contributed by atoms with E-state index in [0.717, 1.165) is 16.3 Å². The van der Waals surface area contributed by atoms with Gasteiger partial charge in [-0.1, -0.05) is 42.5 Å². The van der Waals surface area contributed by atoms with Crippen molar-refractivity contribution in [3.63, 3.8) is 0 Å². The number of halogens is 1. The molecule has 90 valence electrons. The number of hydrogen-bond donors (Lipinski definition) is 1. The van der Waals surface area contributed by atoms with Gasteiger partial charge in [0.05, 0.1) is 0 Å². The molecule has 0 unspecified atom stereocenters. The van der Waals surface area contributed by atoms with Crippen molar-refractivity contribution >= 4 is 43.2 Å². The summed E-state index contributed by atoms with van der Waals surface area (Å²) in [7, 11) is 0. The Hall–Kier alpha value is -1.39. The molecule has 0 radical (unpaired) electrons. The summed E-state index contributed by atoms with van der Waals surface area (Å²) in [5.74, 6) is 0. The van der Waals surface area contributed by atoms with Crippen LogP contribution in [0.2, 0.25) is 0 Å². The molecule has 1 aromatic heterocycles. The Bertz CT molecular complexity index is 673. The van der Waals surface area contributed by atoms with Gasteiger partial charge >= 0.3 is 0 Å². The van der Waals surface area contributed by atoms with Crippen LogP contribution in [0.5, 0.6) is 0 Å². The standard InChI is InChI=1S/C14H11BrN2S/c15-13-9-18-14(17-13)16-8-11-6-3-5-10-4-1-2-7-12(10)11/h1-7,9H,8H2,(H,16,17). The summed E-state index contributed by atoms with van der Waals surface area (Å²) in [6.07, 6.45) is 0. The molecule has 0 fully saturated rings. The molecule has 0 amide bonds. The van der Waals surface area contributed by atoms with Crippen molar-refractivity contribution in [2.75, 3.05) is 5.32 Å². The van der Waals surface area contributed by atoms with Crippen molar-refractivity contribution in [2.24, 2.45) is 0 Å². The predicted molar refractivity (Wildman–Crippen MR) is 81.1 cm³/mol. The Morgan fingerprint density at radius 3 is 2.78 bits per heavy atom. The molecule has 0 saturated carbocycles. The van der Waals surface area contributed by atoms with Gasteiger partial charge in [0.1, 0.15) is 4.60 Å². The third-order valence-corrected chi connectivity index (χ3v) is 4.30. The van der Waals surface area contributed by atoms with Gasteiger partial charge in [-0.3, -0.25) is 0 Å². The number of benzene rings is 2. The van der Waals surface area contributed by atoms with Crippen LogP contribution >= 0.6 is 27.3 Å². The fourth-order valence-corrected chi connectivity index (χ4v) is 3.10. The predicted octanol–water partition coefficient (Wildman–Crippen LogP) is 4.67. The zero-order valence-electron chi connectivity index (χ0n) is 9.56. The molecule has 0 aliphatic heterocycles. The molecule has 0 aliphatic rings. The summed E-state index contributed by atoms with van der Waals surface area (Å²) in [5.41, 5.74) is 1.29. The van der Waals surface area contributed by atoms with Gasteiger partial charge in [-0.25, -0.2) is 4.98 Å². The van der Waals surface area contributed by atoms with Crippen molar-refractivity contribution in [1.29, 1.82) is 0 Å². The van der Waals surface area contributed by atoms with Crippen molar-refractivity contribution in [1.82, 2.24) is 4.98 Å². The summed E-state index contributed by atoms with van der Waals surface area (Å²) < 4.78 is 0.882. The summed E-state index contributed by atoms with van der Waals surface area (Å²) in [5, 5.41) is 8.84. The lowest BCUT2D eigenvalue weighted by molar-refractivity contribution is 1.14. The number of thiazole rings is 1. The minimum absolute atomic E-state index is 0.793. The molecule has 0 bridgehead atoms. The van der Waals surface area contributed by atoms with Gasteiger partial charge in [0.2, 0.25) is 0 Å². The normalized spacial score (nSPS) is 10.7. The minimum atomic E-state index is 0.793. The molecule has 4 heteroatoms. The second-order valence-electron chi connectivity index (χ2n) is 3.97. The third kappa shape index (κ3) is 2.40. The number of nitrogens with one attached hydrogen (secondary N) is 1. The van der Waals surface area contributed by atoms with E-state index in [-0.39, 0.29) is 0 Å². The maximum absolute atomic E-state index is 4.33. The van der Waals surface area contributed by atoms with E-state index >= 15 is 0 Å². The zero-order chi connectivity index (χ0) is 12.4. The van der Waals surface area contributed by atoms with Gasteiger partial charge in [-0.2, -0.15) is 0 Å². The monoisotopic (exact) mass is 318 g/mol. The molecular formula is C14H11BrN2S. The van der Waals surface area contributed by atoms with E-state index in [9.17, 15) is 0 Å². The van der Waals surface area contributed by atoms with E-state index in [4.69, 9.17) is 0 Å². The molecule has 1 heterocycles. The number of hydrogen-bond acceptors (Lipinski definition) is 3. The van der Waals surface area contributed by atoms with Crippen molar-refractivity contribution in [3.8, 4) is 0 Å². The summed E-state index contributed by atoms with van der Waals surface area (Å²) in [4.78, 5) is 4.33. The Balaban J connectivity index is 1.86. The lowest BCUT2D eigenvalue weighted by atomic mass is 10.0. The number of nitrogens with zero attached hydrogens (tertiary/aromatic N) is 1. The lowest BCUT2D eigenvalue weighted by Crippen LogP contribution is -1.99. The number of anilines is 1. The van der Waals surface area contributed by atoms with Crippen molar-refractivity contribution in [3.05, 3.63) is 58.0 Å². The maximum Gasteiger partial charge on any atom is 0.184 e. The van der Waals surface area contributed by atoms with E-state index < -0.39 is 0 Å². The first-order valence-corrected chi connectivity index (χ1v) is 7.32. The van der Waals surface area contributed by atoms with Crippen LogP contribution in [0, 0.1) is 0 Å².